The second-order valence-electron chi connectivity index (χ2n) is 15.0. The molecule has 1 aliphatic heterocycles. The van der Waals surface area contributed by atoms with E-state index in [4.69, 9.17) is 28.4 Å². The molecule has 0 N–H and O–H groups in total. The first kappa shape index (κ1) is 34.2. The van der Waals surface area contributed by atoms with Gasteiger partial charge < -0.3 is 28.4 Å². The van der Waals surface area contributed by atoms with E-state index < -0.39 is 36.7 Å². The van der Waals surface area contributed by atoms with Crippen molar-refractivity contribution in [2.24, 2.45) is 17.8 Å². The van der Waals surface area contributed by atoms with Crippen molar-refractivity contribution in [1.82, 2.24) is 0 Å². The Kier molecular flexibility index (Phi) is 10.6. The summed E-state index contributed by atoms with van der Waals surface area (Å²) in [6.45, 7) is 1.31. The summed E-state index contributed by atoms with van der Waals surface area (Å²) in [6, 6.07) is 39.3. The fraction of sp³-hybridized carbons (Fsp3) is 0.432. The van der Waals surface area contributed by atoms with Crippen molar-refractivity contribution in [2.75, 3.05) is 6.61 Å². The average Bonchev–Trinajstić information content (AvgIpc) is 3.15. The third kappa shape index (κ3) is 8.29. The number of carbonyl (C=O) groups is 1. The third-order valence-electron chi connectivity index (χ3n) is 11.2. The number of ether oxygens (including phenoxy) is 6. The molecule has 3 unspecified atom stereocenters. The van der Waals surface area contributed by atoms with Crippen LogP contribution in [0.15, 0.2) is 121 Å². The minimum atomic E-state index is -0.888. The molecular weight excluding hydrogens is 640 g/mol. The third-order valence-corrected chi connectivity index (χ3v) is 11.2. The molecule has 1 heterocycles. The van der Waals surface area contributed by atoms with Crippen molar-refractivity contribution in [3.8, 4) is 0 Å². The van der Waals surface area contributed by atoms with E-state index >= 15 is 0 Å². The van der Waals surface area contributed by atoms with Crippen molar-refractivity contribution >= 4 is 5.97 Å². The van der Waals surface area contributed by atoms with Crippen LogP contribution in [0.1, 0.15) is 65.6 Å². The Morgan fingerprint density at radius 3 is 1.59 bits per heavy atom. The maximum Gasteiger partial charge on any atom is 0.338 e. The van der Waals surface area contributed by atoms with E-state index in [9.17, 15) is 4.79 Å². The van der Waals surface area contributed by atoms with Crippen LogP contribution < -0.4 is 0 Å². The highest BCUT2D eigenvalue weighted by molar-refractivity contribution is 5.89. The van der Waals surface area contributed by atoms with Crippen molar-refractivity contribution < 1.29 is 33.2 Å². The van der Waals surface area contributed by atoms with Gasteiger partial charge in [0.2, 0.25) is 0 Å². The fourth-order valence-electron chi connectivity index (χ4n) is 9.21. The van der Waals surface area contributed by atoms with E-state index in [1.54, 1.807) is 12.1 Å². The van der Waals surface area contributed by atoms with Gasteiger partial charge in [0.25, 0.3) is 0 Å². The molecule has 266 valence electrons. The summed E-state index contributed by atoms with van der Waals surface area (Å²) in [4.78, 5) is 13.9. The molecule has 0 spiro atoms. The fourth-order valence-corrected chi connectivity index (χ4v) is 9.21. The minimum absolute atomic E-state index is 0.250. The second-order valence-corrected chi connectivity index (χ2v) is 15.0. The zero-order valence-electron chi connectivity index (χ0n) is 29.1. The summed E-state index contributed by atoms with van der Waals surface area (Å²) in [7, 11) is 0. The molecule has 0 aromatic heterocycles. The summed E-state index contributed by atoms with van der Waals surface area (Å²) < 4.78 is 40.7. The first-order chi connectivity index (χ1) is 25.1. The number of hydrogen-bond acceptors (Lipinski definition) is 7. The number of esters is 1. The molecule has 4 aromatic carbocycles. The van der Waals surface area contributed by atoms with Crippen LogP contribution in [-0.4, -0.2) is 48.9 Å². The maximum absolute atomic E-state index is 13.9. The molecule has 1 saturated heterocycles. The van der Waals surface area contributed by atoms with Gasteiger partial charge >= 0.3 is 5.97 Å². The monoisotopic (exact) mass is 688 g/mol. The molecule has 5 atom stereocenters. The summed E-state index contributed by atoms with van der Waals surface area (Å²) >= 11 is 0. The molecule has 4 bridgehead atoms. The molecule has 51 heavy (non-hydrogen) atoms. The van der Waals surface area contributed by atoms with E-state index in [1.807, 2.05) is 97.1 Å². The molecule has 9 rings (SSSR count). The van der Waals surface area contributed by atoms with Crippen LogP contribution in [0.25, 0.3) is 0 Å². The molecule has 7 nitrogen and oxygen atoms in total. The van der Waals surface area contributed by atoms with E-state index in [1.165, 1.54) is 19.3 Å². The Morgan fingerprint density at radius 2 is 1.06 bits per heavy atom. The van der Waals surface area contributed by atoms with Crippen molar-refractivity contribution in [3.05, 3.63) is 144 Å². The minimum Gasteiger partial charge on any atom is -0.450 e. The number of carbonyl (C=O) groups excluding carboxylic acids is 1. The Morgan fingerprint density at radius 1 is 0.588 bits per heavy atom. The van der Waals surface area contributed by atoms with Gasteiger partial charge in [-0.1, -0.05) is 109 Å². The largest absolute Gasteiger partial charge is 0.450 e. The molecule has 0 amide bonds. The maximum atomic E-state index is 13.9. The molecule has 4 saturated carbocycles. The Hall–Kier alpha value is -3.85. The summed E-state index contributed by atoms with van der Waals surface area (Å²) in [6.07, 6.45) is 3.25. The average molecular weight is 689 g/mol. The Balaban J connectivity index is 1.13. The highest BCUT2D eigenvalue weighted by atomic mass is 16.7. The standard InChI is InChI=1S/C44H48O7/c45-42(37-19-11-4-12-20-37)50-41-40(48-29-33-17-9-3-10-18-33)39(47-28-32-15-7-2-8-16-32)38(30-46-27-31-13-5-1-6-14-31)49-43(41)51-44-24-34-21-35(25-44)23-36(22-34)26-44/h1-20,34-36,38-41,43H,21-30H2/t34?,35?,36?,38?,39-,40?,41?,43+,44?/m1/s1. The van der Waals surface area contributed by atoms with Gasteiger partial charge in [-0.2, -0.15) is 0 Å². The zero-order valence-corrected chi connectivity index (χ0v) is 29.1. The van der Waals surface area contributed by atoms with Gasteiger partial charge in [-0.05, 0) is 85.1 Å². The topological polar surface area (TPSA) is 72.5 Å². The van der Waals surface area contributed by atoms with Crippen LogP contribution in [0.5, 0.6) is 0 Å². The van der Waals surface area contributed by atoms with Crippen LogP contribution >= 0.6 is 0 Å². The molecule has 5 aliphatic rings. The van der Waals surface area contributed by atoms with Crippen LogP contribution in [0, 0.1) is 17.8 Å². The smallest absolute Gasteiger partial charge is 0.338 e. The van der Waals surface area contributed by atoms with Gasteiger partial charge in [-0.25, -0.2) is 4.79 Å². The molecule has 4 aliphatic carbocycles. The van der Waals surface area contributed by atoms with Gasteiger partial charge in [0.1, 0.15) is 18.3 Å². The molecule has 0 radical (unpaired) electrons. The quantitative estimate of drug-likeness (QED) is 0.123. The normalized spacial score (nSPS) is 31.0. The lowest BCUT2D eigenvalue weighted by atomic mass is 9.54. The first-order valence-corrected chi connectivity index (χ1v) is 18.6. The van der Waals surface area contributed by atoms with Crippen LogP contribution in [-0.2, 0) is 48.2 Å². The summed E-state index contributed by atoms with van der Waals surface area (Å²) in [5.41, 5.74) is 3.25. The van der Waals surface area contributed by atoms with Crippen LogP contribution in [0.4, 0.5) is 0 Å². The Labute approximate surface area is 301 Å². The zero-order chi connectivity index (χ0) is 34.5. The van der Waals surface area contributed by atoms with Gasteiger partial charge in [-0.15, -0.1) is 0 Å². The lowest BCUT2D eigenvalue weighted by Crippen LogP contribution is -2.64. The highest BCUT2D eigenvalue weighted by Crippen LogP contribution is 2.58. The van der Waals surface area contributed by atoms with Crippen molar-refractivity contribution in [1.29, 1.82) is 0 Å². The van der Waals surface area contributed by atoms with Crippen LogP contribution in [0.3, 0.4) is 0 Å². The lowest BCUT2D eigenvalue weighted by molar-refractivity contribution is -0.351. The SMILES string of the molecule is O=C(OC1C(OCc2ccccc2)[C@H](OCc2ccccc2)C(COCc2ccccc2)O[C@H]1OC12CC3CC(CC(C3)C1)C2)c1ccccc1. The predicted molar refractivity (Wildman–Crippen MR) is 192 cm³/mol. The van der Waals surface area contributed by atoms with Crippen molar-refractivity contribution in [3.63, 3.8) is 0 Å². The first-order valence-electron chi connectivity index (χ1n) is 18.6. The number of benzene rings is 4. The molecule has 5 fully saturated rings. The van der Waals surface area contributed by atoms with Crippen LogP contribution in [0.2, 0.25) is 0 Å². The molecule has 4 aromatic rings. The molecular formula is C44H48O7. The Bertz CT molecular complexity index is 1650. The van der Waals surface area contributed by atoms with E-state index in [2.05, 4.69) is 12.1 Å². The highest BCUT2D eigenvalue weighted by Gasteiger charge is 2.57. The molecule has 7 heteroatoms. The van der Waals surface area contributed by atoms with E-state index in [-0.39, 0.29) is 12.2 Å². The predicted octanol–water partition coefficient (Wildman–Crippen LogP) is 8.31. The lowest BCUT2D eigenvalue weighted by Gasteiger charge is -2.58. The van der Waals surface area contributed by atoms with E-state index in [0.717, 1.165) is 36.0 Å². The van der Waals surface area contributed by atoms with Gasteiger partial charge in [0.15, 0.2) is 12.4 Å². The summed E-state index contributed by atoms with van der Waals surface area (Å²) in [5.74, 6) is 1.56. The van der Waals surface area contributed by atoms with Crippen molar-refractivity contribution in [2.45, 2.75) is 94.7 Å². The number of rotatable bonds is 14. The van der Waals surface area contributed by atoms with Gasteiger partial charge in [0.05, 0.1) is 37.6 Å². The second kappa shape index (κ2) is 15.8. The van der Waals surface area contributed by atoms with E-state index in [0.29, 0.717) is 43.1 Å². The number of hydrogen-bond donors (Lipinski definition) is 0. The van der Waals surface area contributed by atoms with Gasteiger partial charge in [-0.3, -0.25) is 0 Å². The summed E-state index contributed by atoms with van der Waals surface area (Å²) in [5, 5.41) is 0. The van der Waals surface area contributed by atoms with Gasteiger partial charge in [0, 0.05) is 0 Å².